The van der Waals surface area contributed by atoms with Gasteiger partial charge in [0.25, 0.3) is 0 Å². The second-order valence-electron chi connectivity index (χ2n) is 12.3. The van der Waals surface area contributed by atoms with Crippen LogP contribution in [0.5, 0.6) is 6.01 Å². The van der Waals surface area contributed by atoms with Crippen LogP contribution in [0.25, 0.3) is 22.0 Å². The third kappa shape index (κ3) is 5.65. The van der Waals surface area contributed by atoms with Gasteiger partial charge in [0.1, 0.15) is 40.8 Å². The van der Waals surface area contributed by atoms with Crippen LogP contribution in [0.2, 0.25) is 0 Å². The van der Waals surface area contributed by atoms with Gasteiger partial charge < -0.3 is 15.0 Å². The van der Waals surface area contributed by atoms with Crippen molar-refractivity contribution in [1.82, 2.24) is 29.6 Å². The number of carbonyl (C=O) groups is 3. The van der Waals surface area contributed by atoms with E-state index >= 15 is 0 Å². The molecule has 15 heteroatoms. The molecule has 1 aromatic carbocycles. The fourth-order valence-electron chi connectivity index (χ4n) is 6.18. The number of ether oxygens (including phenoxy) is 1. The van der Waals surface area contributed by atoms with E-state index in [1.165, 1.54) is 16.5 Å². The fourth-order valence-corrected chi connectivity index (χ4v) is 7.66. The molecule has 5 heterocycles. The fraction of sp³-hybridized carbons (Fsp3) is 0.344. The number of anilines is 1. The van der Waals surface area contributed by atoms with E-state index in [0.29, 0.717) is 38.9 Å². The molecule has 3 aromatic heterocycles. The smallest absolute Gasteiger partial charge is 0.316 e. The molecule has 1 N–H and O–H groups in total. The summed E-state index contributed by atoms with van der Waals surface area (Å²) in [5, 5.41) is 7.94. The van der Waals surface area contributed by atoms with Gasteiger partial charge in [-0.25, -0.2) is 23.4 Å². The number of likely N-dealkylation sites (tertiary alicyclic amines) is 1. The third-order valence-corrected chi connectivity index (χ3v) is 10.9. The lowest BCUT2D eigenvalue weighted by molar-refractivity contribution is -0.138. The normalized spacial score (nSPS) is 22.4. The Morgan fingerprint density at radius 3 is 2.53 bits per heavy atom. The average molecular weight is 719 g/mol. The molecule has 13 nitrogen and oxygen atoms in total. The number of nitrogens with one attached hydrogen (secondary N) is 1. The Bertz CT molecular complexity index is 2160. The van der Waals surface area contributed by atoms with Crippen molar-refractivity contribution in [2.45, 2.75) is 51.9 Å². The molecule has 4 aromatic rings. The number of hydrogen-bond donors (Lipinski definition) is 1. The molecule has 1 aliphatic carbocycles. The first-order valence-electron chi connectivity index (χ1n) is 14.8. The second kappa shape index (κ2) is 11.2. The first kappa shape index (κ1) is 30.9. The van der Waals surface area contributed by atoms with E-state index < -0.39 is 33.4 Å². The Hall–Kier alpha value is -4.68. The second-order valence-corrected chi connectivity index (χ2v) is 15.2. The van der Waals surface area contributed by atoms with Crippen molar-refractivity contribution in [2.75, 3.05) is 16.8 Å². The van der Waals surface area contributed by atoms with E-state index in [2.05, 4.69) is 53.1 Å². The molecule has 0 saturated carbocycles. The maximum absolute atomic E-state index is 14.0. The van der Waals surface area contributed by atoms with Gasteiger partial charge >= 0.3 is 6.01 Å². The summed E-state index contributed by atoms with van der Waals surface area (Å²) in [5.41, 5.74) is 2.38. The molecule has 240 valence electrons. The molecule has 3 aliphatic rings. The quantitative estimate of drug-likeness (QED) is 0.163. The Morgan fingerprint density at radius 2 is 1.87 bits per heavy atom. The highest BCUT2D eigenvalue weighted by atomic mass is 79.9. The summed E-state index contributed by atoms with van der Waals surface area (Å²) in [5.74, 6) is 5.51. The summed E-state index contributed by atoms with van der Waals surface area (Å²) in [6, 6.07) is 7.84. The van der Waals surface area contributed by atoms with E-state index in [4.69, 9.17) is 4.74 Å². The van der Waals surface area contributed by atoms with Crippen LogP contribution >= 0.6 is 15.9 Å². The van der Waals surface area contributed by atoms with Crippen LogP contribution in [-0.4, -0.2) is 85.3 Å². The number of aryl methyl sites for hydroxylation is 1. The van der Waals surface area contributed by atoms with E-state index in [1.807, 2.05) is 19.9 Å². The van der Waals surface area contributed by atoms with Gasteiger partial charge in [0.2, 0.25) is 11.8 Å². The first-order valence-corrected chi connectivity index (χ1v) is 17.4. The molecule has 0 spiro atoms. The van der Waals surface area contributed by atoms with Crippen LogP contribution in [0, 0.1) is 24.2 Å². The van der Waals surface area contributed by atoms with Gasteiger partial charge in [-0.3, -0.25) is 19.1 Å². The van der Waals surface area contributed by atoms with Crippen LogP contribution < -0.4 is 10.1 Å². The largest absolute Gasteiger partial charge is 0.458 e. The number of nitrogens with zero attached hydrogens (tertiary/aromatic N) is 6. The Morgan fingerprint density at radius 1 is 1.13 bits per heavy atom. The number of rotatable bonds is 8. The average Bonchev–Trinajstić information content (AvgIpc) is 3.46. The number of amides is 2. The molecule has 0 bridgehead atoms. The number of pyridine rings is 1. The Kier molecular flexibility index (Phi) is 7.40. The zero-order chi connectivity index (χ0) is 33.2. The highest BCUT2D eigenvalue weighted by Crippen LogP contribution is 2.45. The number of fused-ring (bicyclic) bond motifs is 2. The SMILES string of the molecule is CC(=O)c1nn(CC(=O)N2[C@H](C(=O)Nc3nc(Br)ccc3C)C[C@@]3(C)C#C[C@@H]23)c2ccc(-c3cnc(OC4CS(=O)(=O)C4)nc3)cc12. The molecular weight excluding hydrogens is 690 g/mol. The lowest BCUT2D eigenvalue weighted by Gasteiger charge is -2.34. The number of carbonyl (C=O) groups excluding carboxylic acids is 3. The summed E-state index contributed by atoms with van der Waals surface area (Å²) >= 11 is 3.34. The molecule has 2 saturated heterocycles. The van der Waals surface area contributed by atoms with Gasteiger partial charge in [0.15, 0.2) is 15.6 Å². The highest BCUT2D eigenvalue weighted by Gasteiger charge is 2.56. The maximum atomic E-state index is 14.0. The molecule has 2 fully saturated rings. The lowest BCUT2D eigenvalue weighted by Crippen LogP contribution is -2.50. The molecular formula is C32H28BrN7O6S. The lowest BCUT2D eigenvalue weighted by atomic mass is 9.76. The zero-order valence-corrected chi connectivity index (χ0v) is 27.9. The van der Waals surface area contributed by atoms with Gasteiger partial charge in [-0.1, -0.05) is 24.0 Å². The van der Waals surface area contributed by atoms with Crippen molar-refractivity contribution in [3.63, 3.8) is 0 Å². The van der Waals surface area contributed by atoms with Gasteiger partial charge in [0, 0.05) is 30.3 Å². The van der Waals surface area contributed by atoms with Crippen LogP contribution in [-0.2, 0) is 26.0 Å². The van der Waals surface area contributed by atoms with Gasteiger partial charge in [-0.15, -0.1) is 0 Å². The number of halogens is 1. The highest BCUT2D eigenvalue weighted by molar-refractivity contribution is 9.10. The van der Waals surface area contributed by atoms with Crippen LogP contribution in [0.15, 0.2) is 47.3 Å². The minimum absolute atomic E-state index is 0.0584. The van der Waals surface area contributed by atoms with Crippen LogP contribution in [0.1, 0.15) is 36.3 Å². The van der Waals surface area contributed by atoms with Crippen LogP contribution in [0.4, 0.5) is 5.82 Å². The summed E-state index contributed by atoms with van der Waals surface area (Å²) in [7, 11) is -3.04. The predicted octanol–water partition coefficient (Wildman–Crippen LogP) is 2.97. The van der Waals surface area contributed by atoms with Crippen molar-refractivity contribution in [1.29, 1.82) is 0 Å². The monoisotopic (exact) mass is 717 g/mol. The number of Topliss-reactive ketones (excluding diaryl/α,β-unsaturated/α-hetero) is 1. The Balaban J connectivity index is 1.13. The van der Waals surface area contributed by atoms with Crippen molar-refractivity contribution >= 4 is 60.1 Å². The van der Waals surface area contributed by atoms with Gasteiger partial charge in [-0.05, 0) is 65.5 Å². The molecule has 0 radical (unpaired) electrons. The van der Waals surface area contributed by atoms with Gasteiger partial charge in [-0.2, -0.15) is 5.10 Å². The van der Waals surface area contributed by atoms with E-state index in [-0.39, 0.29) is 47.4 Å². The molecule has 47 heavy (non-hydrogen) atoms. The maximum Gasteiger partial charge on any atom is 0.316 e. The minimum atomic E-state index is -3.04. The summed E-state index contributed by atoms with van der Waals surface area (Å²) < 4.78 is 30.4. The van der Waals surface area contributed by atoms with E-state index in [9.17, 15) is 22.8 Å². The number of sulfone groups is 1. The number of benzene rings is 1. The third-order valence-electron chi connectivity index (χ3n) is 8.71. The number of ketones is 1. The summed E-state index contributed by atoms with van der Waals surface area (Å²) in [4.78, 5) is 54.5. The van der Waals surface area contributed by atoms with E-state index in [0.717, 1.165) is 5.56 Å². The number of hydrogen-bond acceptors (Lipinski definition) is 10. The topological polar surface area (TPSA) is 166 Å². The molecule has 2 amide bonds. The molecule has 7 rings (SSSR count). The summed E-state index contributed by atoms with van der Waals surface area (Å²) in [6.45, 7) is 4.99. The molecule has 3 atom stereocenters. The van der Waals surface area contributed by atoms with Crippen molar-refractivity contribution in [3.8, 4) is 29.0 Å². The molecule has 0 unspecified atom stereocenters. The van der Waals surface area contributed by atoms with E-state index in [1.54, 1.807) is 36.7 Å². The first-order chi connectivity index (χ1) is 22.3. The summed E-state index contributed by atoms with van der Waals surface area (Å²) in [6.07, 6.45) is 3.02. The predicted molar refractivity (Wildman–Crippen MR) is 174 cm³/mol. The van der Waals surface area contributed by atoms with Crippen LogP contribution in [0.3, 0.4) is 0 Å². The molecule has 2 aliphatic heterocycles. The number of aromatic nitrogens is 5. The van der Waals surface area contributed by atoms with Crippen molar-refractivity contribution in [2.24, 2.45) is 5.41 Å². The minimum Gasteiger partial charge on any atom is -0.458 e. The standard InChI is InChI=1S/C32H28BrN7O6S/c1-17-4-7-26(33)36-29(17)37-30(43)24-11-32(3)9-8-25(32)40(24)27(42)14-39-23-6-5-19(10-22(23)28(38-39)18(2)41)20-12-34-31(35-13-20)46-21-15-47(44,45)16-21/h4-7,10,12-13,21,24-25H,11,14-16H2,1-3H3,(H,36,37,43)/t24-,25+,32+/m0/s1. The van der Waals surface area contributed by atoms with Crippen molar-refractivity contribution in [3.05, 3.63) is 58.6 Å². The zero-order valence-electron chi connectivity index (χ0n) is 25.5. The van der Waals surface area contributed by atoms with Gasteiger partial charge in [0.05, 0.1) is 22.4 Å². The Labute approximate surface area is 278 Å². The van der Waals surface area contributed by atoms with Crippen molar-refractivity contribution < 1.29 is 27.5 Å².